The zero-order chi connectivity index (χ0) is 51.5. The van der Waals surface area contributed by atoms with Crippen molar-refractivity contribution in [2.24, 2.45) is 0 Å². The monoisotopic (exact) mass is 1010 g/mol. The Labute approximate surface area is 465 Å². The molecule has 0 aliphatic heterocycles. The second-order valence-corrected chi connectivity index (χ2v) is 20.7. The van der Waals surface area contributed by atoms with Crippen molar-refractivity contribution in [1.82, 2.24) is 0 Å². The molecule has 0 N–H and O–H groups in total. The number of rotatable bonds is 7. The van der Waals surface area contributed by atoms with Gasteiger partial charge in [-0.2, -0.15) is 0 Å². The number of hydrogen-bond donors (Lipinski definition) is 0. The van der Waals surface area contributed by atoms with Gasteiger partial charge in [-0.1, -0.05) is 253 Å². The molecule has 4 aliphatic rings. The maximum Gasteiger partial charge on any atom is 0.0159 e. The first-order valence-electron chi connectivity index (χ1n) is 28.1. The first-order chi connectivity index (χ1) is 35.1. The minimum absolute atomic E-state index is 0. The molecule has 0 atom stereocenters. The summed E-state index contributed by atoms with van der Waals surface area (Å²) in [5.41, 5.74) is 30.3. The van der Waals surface area contributed by atoms with Crippen LogP contribution in [-0.2, 0) is 10.8 Å². The summed E-state index contributed by atoms with van der Waals surface area (Å²) < 4.78 is 0. The maximum atomic E-state index is 2.62. The van der Waals surface area contributed by atoms with Crippen LogP contribution in [-0.4, -0.2) is 0 Å². The second kappa shape index (κ2) is 26.2. The van der Waals surface area contributed by atoms with Gasteiger partial charge in [0.15, 0.2) is 0 Å². The summed E-state index contributed by atoms with van der Waals surface area (Å²) in [6.07, 6.45) is 7.66. The normalized spacial score (nSPS) is 14.3. The third-order valence-corrected chi connectivity index (χ3v) is 16.5. The van der Waals surface area contributed by atoms with Crippen LogP contribution in [0.1, 0.15) is 208 Å². The molecule has 402 valence electrons. The van der Waals surface area contributed by atoms with Crippen molar-refractivity contribution in [3.63, 3.8) is 0 Å². The Morgan fingerprint density at radius 2 is 0.632 bits per heavy atom. The molecule has 0 radical (unpaired) electrons. The highest BCUT2D eigenvalue weighted by atomic mass is 14.4. The molecule has 0 heterocycles. The van der Waals surface area contributed by atoms with Gasteiger partial charge in [-0.3, -0.25) is 0 Å². The molecule has 0 bridgehead atoms. The van der Waals surface area contributed by atoms with Crippen LogP contribution in [0, 0.1) is 13.8 Å². The molecule has 2 saturated carbocycles. The van der Waals surface area contributed by atoms with Crippen molar-refractivity contribution in [3.8, 4) is 77.9 Å². The molecule has 8 aromatic rings. The molecule has 0 aromatic heterocycles. The smallest absolute Gasteiger partial charge is 0.0159 e. The first-order valence-corrected chi connectivity index (χ1v) is 28.1. The fraction of sp³-hybridized carbons (Fsp3) is 0.368. The van der Waals surface area contributed by atoms with Crippen molar-refractivity contribution in [3.05, 3.63) is 202 Å². The van der Waals surface area contributed by atoms with E-state index in [9.17, 15) is 0 Å². The van der Waals surface area contributed by atoms with E-state index in [0.29, 0.717) is 11.8 Å². The molecule has 2 fully saturated rings. The van der Waals surface area contributed by atoms with Gasteiger partial charge in [0.05, 0.1) is 0 Å². The van der Waals surface area contributed by atoms with Crippen LogP contribution in [0.15, 0.2) is 158 Å². The third kappa shape index (κ3) is 10.7. The standard InChI is InChI=1S/C64H58.4C2H6.4CH4/c1-39-54(56-34-44(26-30-48(56)41-18-14-19-41)46-28-32-52-50-22-10-12-24-58(50)63(3,4)60(52)36-46)38-55(40(2)62(39)43-16-8-7-9-17-43)57-35-45(27-31-49(57)42-20-15-21-42)47-29-33-53-51-23-11-13-25-59(51)64(5,6)61(53)37-47;4*1-2;;;;/h7-13,16-17,22-38,41-42H,14-15,18-21H2,1-6H3;4*1-2H3;4*1H4. The highest BCUT2D eigenvalue weighted by Crippen LogP contribution is 2.53. The molecule has 8 aromatic carbocycles. The Kier molecular flexibility index (Phi) is 21.5. The number of fused-ring (bicyclic) bond motifs is 6. The number of benzene rings is 8. The molecule has 12 rings (SSSR count). The SMILES string of the molecule is C.C.C.C.CC.CC.CC.CC.Cc1c(-c2cc(-c3ccc4c(c3)C(C)(C)c3ccccc3-4)ccc2C2CCC2)cc(-c2cc(-c3ccc4c(c3)C(C)(C)c3ccccc3-4)ccc2C2CCC2)c(C)c1-c1ccccc1. The zero-order valence-corrected chi connectivity index (χ0v) is 46.4. The van der Waals surface area contributed by atoms with Crippen LogP contribution >= 0.6 is 0 Å². The summed E-state index contributed by atoms with van der Waals surface area (Å²) in [5.74, 6) is 1.18. The summed E-state index contributed by atoms with van der Waals surface area (Å²) in [6.45, 7) is 30.4. The third-order valence-electron chi connectivity index (χ3n) is 16.5. The topological polar surface area (TPSA) is 0 Å². The largest absolute Gasteiger partial charge is 0.0776 e. The van der Waals surface area contributed by atoms with Crippen LogP contribution in [0.4, 0.5) is 0 Å². The van der Waals surface area contributed by atoms with Crippen LogP contribution in [0.2, 0.25) is 0 Å². The van der Waals surface area contributed by atoms with Gasteiger partial charge in [-0.05, 0) is 204 Å². The van der Waals surface area contributed by atoms with Gasteiger partial charge in [0.1, 0.15) is 0 Å². The number of hydrogen-bond acceptors (Lipinski definition) is 0. The summed E-state index contributed by atoms with van der Waals surface area (Å²) in [7, 11) is 0. The second-order valence-electron chi connectivity index (χ2n) is 20.7. The summed E-state index contributed by atoms with van der Waals surface area (Å²) in [4.78, 5) is 0. The molecular weight excluding hydrogens is 913 g/mol. The van der Waals surface area contributed by atoms with E-state index in [1.54, 1.807) is 0 Å². The van der Waals surface area contributed by atoms with Crippen molar-refractivity contribution < 1.29 is 0 Å². The van der Waals surface area contributed by atoms with E-state index in [4.69, 9.17) is 0 Å². The average Bonchev–Trinajstić information content (AvgIpc) is 3.77. The van der Waals surface area contributed by atoms with Gasteiger partial charge in [0.2, 0.25) is 0 Å². The van der Waals surface area contributed by atoms with E-state index in [0.717, 1.165) is 0 Å². The van der Waals surface area contributed by atoms with E-state index in [2.05, 4.69) is 199 Å². The first kappa shape index (κ1) is 62.3. The van der Waals surface area contributed by atoms with Crippen LogP contribution in [0.3, 0.4) is 0 Å². The van der Waals surface area contributed by atoms with Crippen molar-refractivity contribution >= 4 is 0 Å². The molecule has 0 saturated heterocycles. The van der Waals surface area contributed by atoms with Crippen LogP contribution in [0.5, 0.6) is 0 Å². The van der Waals surface area contributed by atoms with Crippen molar-refractivity contribution in [2.75, 3.05) is 0 Å². The lowest BCUT2D eigenvalue weighted by Crippen LogP contribution is -2.15. The Balaban J connectivity index is 0.000000996. The Hall–Kier alpha value is -6.24. The van der Waals surface area contributed by atoms with Crippen LogP contribution in [0.25, 0.3) is 77.9 Å². The highest BCUT2D eigenvalue weighted by Gasteiger charge is 2.37. The van der Waals surface area contributed by atoms with E-state index in [1.807, 2.05) is 55.4 Å². The predicted molar refractivity (Wildman–Crippen MR) is 344 cm³/mol. The molecule has 0 heteroatoms. The highest BCUT2D eigenvalue weighted by molar-refractivity contribution is 5.93. The minimum atomic E-state index is -0.0443. The van der Waals surface area contributed by atoms with Gasteiger partial charge >= 0.3 is 0 Å². The van der Waals surface area contributed by atoms with Crippen LogP contribution < -0.4 is 0 Å². The molecule has 0 amide bonds. The van der Waals surface area contributed by atoms with Gasteiger partial charge in [-0.15, -0.1) is 0 Å². The van der Waals surface area contributed by atoms with Crippen molar-refractivity contribution in [1.29, 1.82) is 0 Å². The molecular formula is C76H98. The quantitative estimate of drug-likeness (QED) is 0.149. The minimum Gasteiger partial charge on any atom is -0.0776 e. The zero-order valence-electron chi connectivity index (χ0n) is 46.4. The molecule has 0 nitrogen and oxygen atoms in total. The lowest BCUT2D eigenvalue weighted by Gasteiger charge is -2.31. The lowest BCUT2D eigenvalue weighted by atomic mass is 9.73. The Morgan fingerprint density at radius 3 is 1.00 bits per heavy atom. The van der Waals surface area contributed by atoms with E-state index >= 15 is 0 Å². The molecule has 0 spiro atoms. The molecule has 0 unspecified atom stereocenters. The van der Waals surface area contributed by atoms with E-state index < -0.39 is 0 Å². The fourth-order valence-corrected chi connectivity index (χ4v) is 12.4. The lowest BCUT2D eigenvalue weighted by molar-refractivity contribution is 0.420. The summed E-state index contributed by atoms with van der Waals surface area (Å²) in [5, 5.41) is 0. The average molecular weight is 1010 g/mol. The maximum absolute atomic E-state index is 2.62. The molecule has 76 heavy (non-hydrogen) atoms. The Morgan fingerprint density at radius 1 is 0.303 bits per heavy atom. The summed E-state index contributed by atoms with van der Waals surface area (Å²) >= 11 is 0. The predicted octanol–water partition coefficient (Wildman–Crippen LogP) is 24.4. The van der Waals surface area contributed by atoms with Gasteiger partial charge < -0.3 is 0 Å². The van der Waals surface area contributed by atoms with Gasteiger partial charge in [-0.25, -0.2) is 0 Å². The van der Waals surface area contributed by atoms with Crippen molar-refractivity contribution in [2.45, 2.75) is 188 Å². The van der Waals surface area contributed by atoms with E-state index in [1.165, 1.54) is 161 Å². The van der Waals surface area contributed by atoms with Gasteiger partial charge in [0.25, 0.3) is 0 Å². The Bertz CT molecular complexity index is 2990. The van der Waals surface area contributed by atoms with Gasteiger partial charge in [0, 0.05) is 10.8 Å². The summed E-state index contributed by atoms with van der Waals surface area (Å²) in [6, 6.07) is 61.3. The fourth-order valence-electron chi connectivity index (χ4n) is 12.4. The molecule has 4 aliphatic carbocycles. The van der Waals surface area contributed by atoms with E-state index in [-0.39, 0.29) is 40.5 Å².